The van der Waals surface area contributed by atoms with Gasteiger partial charge in [-0.2, -0.15) is 0 Å². The number of hydrogen-bond donors (Lipinski definition) is 0. The largest absolute Gasteiger partial charge is 0.313 e. The molecular formula is C32H30O2P2. The highest BCUT2D eigenvalue weighted by atomic mass is 31.2. The molecule has 2 aliphatic carbocycles. The van der Waals surface area contributed by atoms with E-state index in [0.717, 1.165) is 27.6 Å². The molecule has 36 heavy (non-hydrogen) atoms. The van der Waals surface area contributed by atoms with E-state index in [-0.39, 0.29) is 23.2 Å². The minimum atomic E-state index is -3.16. The molecule has 0 aliphatic heterocycles. The summed E-state index contributed by atoms with van der Waals surface area (Å²) in [4.78, 5) is 0. The summed E-state index contributed by atoms with van der Waals surface area (Å²) in [6.45, 7) is 2.17. The van der Waals surface area contributed by atoms with E-state index in [1.165, 1.54) is 5.57 Å². The predicted molar refractivity (Wildman–Crippen MR) is 152 cm³/mol. The summed E-state index contributed by atoms with van der Waals surface area (Å²) >= 11 is 0. The molecule has 1 fully saturated rings. The zero-order chi connectivity index (χ0) is 24.8. The average molecular weight is 509 g/mol. The van der Waals surface area contributed by atoms with Crippen molar-refractivity contribution in [1.29, 1.82) is 0 Å². The van der Waals surface area contributed by atoms with Crippen molar-refractivity contribution in [2.45, 2.75) is 24.7 Å². The van der Waals surface area contributed by atoms with Crippen LogP contribution in [0, 0.1) is 11.8 Å². The Bertz CT molecular complexity index is 1390. The van der Waals surface area contributed by atoms with Gasteiger partial charge in [0.1, 0.15) is 14.3 Å². The molecule has 6 rings (SSSR count). The number of fused-ring (bicyclic) bond motifs is 2. The van der Waals surface area contributed by atoms with Crippen LogP contribution in [0.1, 0.15) is 13.3 Å². The van der Waals surface area contributed by atoms with Crippen molar-refractivity contribution in [3.8, 4) is 0 Å². The predicted octanol–water partition coefficient (Wildman–Crippen LogP) is 6.35. The third kappa shape index (κ3) is 3.54. The Labute approximate surface area is 213 Å². The summed E-state index contributed by atoms with van der Waals surface area (Å²) in [5.74, 6) is 0.277. The Balaban J connectivity index is 1.65. The normalized spacial score (nSPS) is 23.4. The first-order valence-corrected chi connectivity index (χ1v) is 16.2. The minimum Gasteiger partial charge on any atom is -0.313 e. The Morgan fingerprint density at radius 2 is 0.861 bits per heavy atom. The quantitative estimate of drug-likeness (QED) is 0.225. The van der Waals surface area contributed by atoms with Gasteiger partial charge in [-0.3, -0.25) is 0 Å². The van der Waals surface area contributed by atoms with Crippen LogP contribution in [0.15, 0.2) is 133 Å². The molecule has 0 radical (unpaired) electrons. The number of hydrogen-bond acceptors (Lipinski definition) is 2. The van der Waals surface area contributed by atoms with Crippen LogP contribution in [0.3, 0.4) is 0 Å². The van der Waals surface area contributed by atoms with Crippen LogP contribution in [0.5, 0.6) is 0 Å². The van der Waals surface area contributed by atoms with E-state index in [4.69, 9.17) is 0 Å². The van der Waals surface area contributed by atoms with Crippen molar-refractivity contribution in [3.63, 3.8) is 0 Å². The lowest BCUT2D eigenvalue weighted by molar-refractivity contribution is 0.545. The fourth-order valence-electron chi connectivity index (χ4n) is 6.68. The number of rotatable bonds is 6. The first-order valence-electron chi connectivity index (χ1n) is 12.6. The first-order chi connectivity index (χ1) is 17.5. The molecule has 0 N–H and O–H groups in total. The number of allylic oxidation sites excluding steroid dienone is 2. The van der Waals surface area contributed by atoms with E-state index in [9.17, 15) is 0 Å². The molecule has 2 bridgehead atoms. The van der Waals surface area contributed by atoms with Gasteiger partial charge < -0.3 is 9.13 Å². The average Bonchev–Trinajstić information content (AvgIpc) is 3.52. The first kappa shape index (κ1) is 23.5. The summed E-state index contributed by atoms with van der Waals surface area (Å²) in [6.07, 6.45) is 3.24. The Morgan fingerprint density at radius 3 is 1.22 bits per heavy atom. The molecule has 0 heterocycles. The fourth-order valence-corrected chi connectivity index (χ4v) is 15.1. The highest BCUT2D eigenvalue weighted by molar-refractivity contribution is 7.83. The summed E-state index contributed by atoms with van der Waals surface area (Å²) in [5.41, 5.74) is 0.826. The van der Waals surface area contributed by atoms with Gasteiger partial charge in [0.05, 0.1) is 0 Å². The summed E-state index contributed by atoms with van der Waals surface area (Å²) in [7, 11) is -6.31. The molecular weight excluding hydrogens is 478 g/mol. The van der Waals surface area contributed by atoms with Crippen molar-refractivity contribution < 1.29 is 9.13 Å². The van der Waals surface area contributed by atoms with Crippen LogP contribution in [0.4, 0.5) is 0 Å². The molecule has 0 aromatic heterocycles. The lowest BCUT2D eigenvalue weighted by atomic mass is 9.99. The van der Waals surface area contributed by atoms with Crippen LogP contribution in [0.25, 0.3) is 0 Å². The lowest BCUT2D eigenvalue weighted by Crippen LogP contribution is -2.42. The molecule has 4 aromatic rings. The molecule has 4 atom stereocenters. The van der Waals surface area contributed by atoms with E-state index in [2.05, 4.69) is 13.0 Å². The standard InChI is InChI=1S/C32H30O2P2/c1-24-22-25-23-30(24)32(36(34,28-18-10-4-11-19-28)29-20-12-5-13-21-29)31(25)35(33,26-14-6-2-7-15-26)27-16-8-3-9-17-27/h2-22,25,30-32H,23H2,1H3/t25-,30-,31+,32+/m1/s1. The highest BCUT2D eigenvalue weighted by Gasteiger charge is 2.61. The van der Waals surface area contributed by atoms with Gasteiger partial charge in [0.2, 0.25) is 0 Å². The van der Waals surface area contributed by atoms with Crippen LogP contribution >= 0.6 is 14.3 Å². The molecule has 4 aromatic carbocycles. The Kier molecular flexibility index (Phi) is 5.99. The van der Waals surface area contributed by atoms with E-state index >= 15 is 9.13 Å². The van der Waals surface area contributed by atoms with Gasteiger partial charge in [0, 0.05) is 32.5 Å². The third-order valence-electron chi connectivity index (χ3n) is 8.19. The van der Waals surface area contributed by atoms with Crippen LogP contribution in [0.2, 0.25) is 0 Å². The molecule has 0 spiro atoms. The summed E-state index contributed by atoms with van der Waals surface area (Å²) < 4.78 is 31.4. The van der Waals surface area contributed by atoms with Gasteiger partial charge in [0.15, 0.2) is 0 Å². The van der Waals surface area contributed by atoms with Crippen LogP contribution in [-0.4, -0.2) is 11.3 Å². The zero-order valence-electron chi connectivity index (χ0n) is 20.4. The fraction of sp³-hybridized carbons (Fsp3) is 0.188. The van der Waals surface area contributed by atoms with Crippen LogP contribution in [-0.2, 0) is 9.13 Å². The Morgan fingerprint density at radius 1 is 0.528 bits per heavy atom. The number of benzene rings is 4. The van der Waals surface area contributed by atoms with E-state index in [1.807, 2.05) is 121 Å². The van der Waals surface area contributed by atoms with Gasteiger partial charge in [-0.25, -0.2) is 0 Å². The maximum absolute atomic E-state index is 15.7. The van der Waals surface area contributed by atoms with Gasteiger partial charge in [-0.15, -0.1) is 0 Å². The van der Waals surface area contributed by atoms with Crippen molar-refractivity contribution in [2.24, 2.45) is 11.8 Å². The van der Waals surface area contributed by atoms with E-state index in [0.29, 0.717) is 0 Å². The summed E-state index contributed by atoms with van der Waals surface area (Å²) in [6, 6.07) is 39.7. The molecule has 0 unspecified atom stereocenters. The molecule has 2 nitrogen and oxygen atoms in total. The second-order valence-corrected chi connectivity index (χ2v) is 15.9. The lowest BCUT2D eigenvalue weighted by Gasteiger charge is -2.41. The zero-order valence-corrected chi connectivity index (χ0v) is 22.1. The van der Waals surface area contributed by atoms with Crippen molar-refractivity contribution in [2.75, 3.05) is 0 Å². The van der Waals surface area contributed by atoms with Gasteiger partial charge in [0.25, 0.3) is 0 Å². The topological polar surface area (TPSA) is 34.1 Å². The van der Waals surface area contributed by atoms with Gasteiger partial charge >= 0.3 is 0 Å². The Hall–Kier alpha value is -2.92. The molecule has 0 amide bonds. The maximum Gasteiger partial charge on any atom is 0.147 e. The summed E-state index contributed by atoms with van der Waals surface area (Å²) in [5, 5.41) is 3.44. The second-order valence-electron chi connectivity index (χ2n) is 10.1. The van der Waals surface area contributed by atoms with E-state index < -0.39 is 14.3 Å². The van der Waals surface area contributed by atoms with Gasteiger partial charge in [-0.05, 0) is 25.2 Å². The molecule has 180 valence electrons. The second kappa shape index (κ2) is 9.19. The molecule has 4 heteroatoms. The van der Waals surface area contributed by atoms with Crippen LogP contribution < -0.4 is 21.2 Å². The van der Waals surface area contributed by atoms with Crippen molar-refractivity contribution >= 4 is 35.5 Å². The molecule has 0 saturated heterocycles. The molecule has 1 saturated carbocycles. The van der Waals surface area contributed by atoms with Crippen molar-refractivity contribution in [3.05, 3.63) is 133 Å². The monoisotopic (exact) mass is 508 g/mol. The molecule has 2 aliphatic rings. The van der Waals surface area contributed by atoms with Gasteiger partial charge in [-0.1, -0.05) is 133 Å². The SMILES string of the molecule is CC1=C[C@@H]2C[C@H]1[C@H](P(=O)(c1ccccc1)c1ccccc1)[C@H]2P(=O)(c1ccccc1)c1ccccc1. The van der Waals surface area contributed by atoms with E-state index in [1.54, 1.807) is 0 Å². The highest BCUT2D eigenvalue weighted by Crippen LogP contribution is 2.71. The smallest absolute Gasteiger partial charge is 0.147 e. The maximum atomic E-state index is 15.7. The van der Waals surface area contributed by atoms with Crippen molar-refractivity contribution in [1.82, 2.24) is 0 Å². The third-order valence-corrected chi connectivity index (χ3v) is 15.7. The minimum absolute atomic E-state index is 0.131.